The van der Waals surface area contributed by atoms with Crippen LogP contribution in [0.25, 0.3) is 0 Å². The number of hydrogen-bond donors (Lipinski definition) is 3. The van der Waals surface area contributed by atoms with Gasteiger partial charge in [-0.15, -0.1) is 0 Å². The lowest BCUT2D eigenvalue weighted by Gasteiger charge is -2.18. The molecule has 0 aliphatic heterocycles. The Morgan fingerprint density at radius 3 is 2.52 bits per heavy atom. The molecule has 4 N–H and O–H groups in total. The van der Waals surface area contributed by atoms with E-state index in [-0.39, 0.29) is 18.5 Å². The number of aliphatic hydroxyl groups is 1. The van der Waals surface area contributed by atoms with Gasteiger partial charge in [-0.2, -0.15) is 0 Å². The zero-order chi connectivity index (χ0) is 20.0. The maximum absolute atomic E-state index is 10.5. The summed E-state index contributed by atoms with van der Waals surface area (Å²) in [5.41, 5.74) is 7.36. The van der Waals surface area contributed by atoms with E-state index in [1.165, 1.54) is 7.11 Å². The Kier molecular flexibility index (Phi) is 7.59. The molecule has 2 atom stereocenters. The van der Waals surface area contributed by atoms with Gasteiger partial charge >= 0.3 is 0 Å². The number of rotatable bonds is 7. The van der Waals surface area contributed by atoms with Crippen LogP contribution in [-0.2, 0) is 0 Å². The van der Waals surface area contributed by atoms with Crippen molar-refractivity contribution in [1.29, 1.82) is 0 Å². The summed E-state index contributed by atoms with van der Waals surface area (Å²) in [5, 5.41) is 14.6. The molecule has 0 aliphatic rings. The number of methoxy groups -OCH3 is 2. The lowest BCUT2D eigenvalue weighted by molar-refractivity contribution is 0.182. The van der Waals surface area contributed by atoms with Crippen LogP contribution < -0.4 is 20.5 Å². The highest BCUT2D eigenvalue weighted by atomic mass is 35.5. The van der Waals surface area contributed by atoms with Crippen molar-refractivity contribution in [3.63, 3.8) is 0 Å². The molecule has 0 bridgehead atoms. The van der Waals surface area contributed by atoms with E-state index in [9.17, 15) is 5.11 Å². The van der Waals surface area contributed by atoms with Crippen molar-refractivity contribution in [2.45, 2.75) is 19.1 Å². The van der Waals surface area contributed by atoms with Crippen molar-refractivity contribution in [2.75, 3.05) is 20.8 Å². The summed E-state index contributed by atoms with van der Waals surface area (Å²) in [7, 11) is 3.09. The van der Waals surface area contributed by atoms with Crippen molar-refractivity contribution in [1.82, 2.24) is 5.32 Å². The molecule has 8 heteroatoms. The van der Waals surface area contributed by atoms with E-state index in [1.807, 2.05) is 13.0 Å². The predicted molar refractivity (Wildman–Crippen MR) is 109 cm³/mol. The highest BCUT2D eigenvalue weighted by molar-refractivity contribution is 6.35. The minimum absolute atomic E-state index is 0.0590. The van der Waals surface area contributed by atoms with Crippen LogP contribution in [-0.4, -0.2) is 31.8 Å². The summed E-state index contributed by atoms with van der Waals surface area (Å²) in [5.74, 6) is 1.35. The molecule has 27 heavy (non-hydrogen) atoms. The SMILES string of the molecule is COc1ccc(OC)c(C(O)CN=C(N)NC(C)c2ccc(Cl)cc2Cl)c1. The van der Waals surface area contributed by atoms with Crippen LogP contribution in [0.5, 0.6) is 11.5 Å². The van der Waals surface area contributed by atoms with E-state index in [0.717, 1.165) is 5.56 Å². The van der Waals surface area contributed by atoms with Crippen LogP contribution in [0, 0.1) is 0 Å². The van der Waals surface area contributed by atoms with E-state index >= 15 is 0 Å². The molecule has 2 aromatic rings. The second-order valence-electron chi connectivity index (χ2n) is 5.88. The molecule has 0 amide bonds. The van der Waals surface area contributed by atoms with E-state index in [4.69, 9.17) is 38.4 Å². The lowest BCUT2D eigenvalue weighted by atomic mass is 10.1. The Balaban J connectivity index is 2.06. The lowest BCUT2D eigenvalue weighted by Crippen LogP contribution is -2.34. The molecule has 0 aromatic heterocycles. The minimum atomic E-state index is -0.898. The Bertz CT molecular complexity index is 815. The number of nitrogens with two attached hydrogens (primary N) is 1. The van der Waals surface area contributed by atoms with Gasteiger partial charge < -0.3 is 25.6 Å². The molecule has 0 saturated carbocycles. The van der Waals surface area contributed by atoms with E-state index in [2.05, 4.69) is 10.3 Å². The number of aliphatic hydroxyl groups excluding tert-OH is 1. The molecule has 2 unspecified atom stereocenters. The number of hydrogen-bond acceptors (Lipinski definition) is 4. The molecule has 146 valence electrons. The standard InChI is InChI=1S/C19H23Cl2N3O3/c1-11(14-6-4-12(20)8-16(14)21)24-19(22)23-10-17(25)15-9-13(26-2)5-7-18(15)27-3/h4-9,11,17,25H,10H2,1-3H3,(H3,22,23,24). The zero-order valence-corrected chi connectivity index (χ0v) is 16.9. The van der Waals surface area contributed by atoms with Crippen molar-refractivity contribution < 1.29 is 14.6 Å². The molecule has 2 rings (SSSR count). The van der Waals surface area contributed by atoms with Gasteiger partial charge in [-0.05, 0) is 42.8 Å². The second-order valence-corrected chi connectivity index (χ2v) is 6.73. The molecule has 0 heterocycles. The van der Waals surface area contributed by atoms with Gasteiger partial charge in [0.1, 0.15) is 17.6 Å². The third-order valence-corrected chi connectivity index (χ3v) is 4.59. The quantitative estimate of drug-likeness (QED) is 0.477. The molecular formula is C19H23Cl2N3O3. The molecule has 0 saturated heterocycles. The maximum Gasteiger partial charge on any atom is 0.189 e. The zero-order valence-electron chi connectivity index (χ0n) is 15.4. The molecule has 0 fully saturated rings. The first-order valence-corrected chi connectivity index (χ1v) is 9.02. The number of nitrogens with one attached hydrogen (secondary N) is 1. The van der Waals surface area contributed by atoms with Crippen LogP contribution >= 0.6 is 23.2 Å². The first-order chi connectivity index (χ1) is 12.8. The van der Waals surface area contributed by atoms with Gasteiger partial charge in [0.25, 0.3) is 0 Å². The van der Waals surface area contributed by atoms with Crippen molar-refractivity contribution >= 4 is 29.2 Å². The van der Waals surface area contributed by atoms with E-state index < -0.39 is 6.10 Å². The third kappa shape index (κ3) is 5.66. The average Bonchev–Trinajstić information content (AvgIpc) is 2.65. The number of halogens is 2. The Morgan fingerprint density at radius 2 is 1.89 bits per heavy atom. The molecular weight excluding hydrogens is 389 g/mol. The number of guanidine groups is 1. The van der Waals surface area contributed by atoms with Gasteiger partial charge in [0.05, 0.1) is 26.8 Å². The fraction of sp³-hybridized carbons (Fsp3) is 0.316. The first-order valence-electron chi connectivity index (χ1n) is 8.27. The van der Waals surface area contributed by atoms with Crippen LogP contribution in [0.1, 0.15) is 30.2 Å². The Morgan fingerprint density at radius 1 is 1.15 bits per heavy atom. The molecule has 6 nitrogen and oxygen atoms in total. The predicted octanol–water partition coefficient (Wildman–Crippen LogP) is 3.71. The van der Waals surface area contributed by atoms with Gasteiger partial charge in [-0.3, -0.25) is 4.99 Å². The fourth-order valence-corrected chi connectivity index (χ4v) is 3.15. The smallest absolute Gasteiger partial charge is 0.189 e. The molecule has 0 spiro atoms. The largest absolute Gasteiger partial charge is 0.497 e. The Hall–Kier alpha value is -2.15. The highest BCUT2D eigenvalue weighted by Crippen LogP contribution is 2.29. The summed E-state index contributed by atoms with van der Waals surface area (Å²) in [6, 6.07) is 10.3. The first kappa shape index (κ1) is 21.2. The summed E-state index contributed by atoms with van der Waals surface area (Å²) in [6.07, 6.45) is -0.898. The van der Waals surface area contributed by atoms with Gasteiger partial charge in [0.15, 0.2) is 5.96 Å². The molecule has 2 aromatic carbocycles. The van der Waals surface area contributed by atoms with Crippen LogP contribution in [0.3, 0.4) is 0 Å². The Labute approximate surface area is 168 Å². The van der Waals surface area contributed by atoms with Gasteiger partial charge in [0.2, 0.25) is 0 Å². The van der Waals surface area contributed by atoms with E-state index in [0.29, 0.717) is 27.1 Å². The van der Waals surface area contributed by atoms with Gasteiger partial charge in [-0.1, -0.05) is 29.3 Å². The van der Waals surface area contributed by atoms with Crippen molar-refractivity contribution in [3.05, 3.63) is 57.6 Å². The van der Waals surface area contributed by atoms with Crippen molar-refractivity contribution in [2.24, 2.45) is 10.7 Å². The summed E-state index contributed by atoms with van der Waals surface area (Å²) >= 11 is 12.1. The number of ether oxygens (including phenoxy) is 2. The van der Waals surface area contributed by atoms with Gasteiger partial charge in [-0.25, -0.2) is 0 Å². The van der Waals surface area contributed by atoms with Crippen LogP contribution in [0.4, 0.5) is 0 Å². The number of aliphatic imine (C=N–C) groups is 1. The second kappa shape index (κ2) is 9.69. The van der Waals surface area contributed by atoms with Gasteiger partial charge in [0, 0.05) is 15.6 Å². The molecule has 0 radical (unpaired) electrons. The molecule has 0 aliphatic carbocycles. The van der Waals surface area contributed by atoms with Crippen LogP contribution in [0.15, 0.2) is 41.4 Å². The normalized spacial score (nSPS) is 13.8. The average molecular weight is 412 g/mol. The fourth-order valence-electron chi connectivity index (χ4n) is 2.58. The summed E-state index contributed by atoms with van der Waals surface area (Å²) in [6.45, 7) is 1.96. The summed E-state index contributed by atoms with van der Waals surface area (Å²) in [4.78, 5) is 4.21. The highest BCUT2D eigenvalue weighted by Gasteiger charge is 2.15. The number of nitrogens with zero attached hydrogens (tertiary/aromatic N) is 1. The maximum atomic E-state index is 10.5. The summed E-state index contributed by atoms with van der Waals surface area (Å²) < 4.78 is 10.5. The van der Waals surface area contributed by atoms with Crippen molar-refractivity contribution in [3.8, 4) is 11.5 Å². The third-order valence-electron chi connectivity index (χ3n) is 4.02. The number of benzene rings is 2. The minimum Gasteiger partial charge on any atom is -0.497 e. The van der Waals surface area contributed by atoms with E-state index in [1.54, 1.807) is 37.4 Å². The monoisotopic (exact) mass is 411 g/mol. The topological polar surface area (TPSA) is 89.1 Å². The van der Waals surface area contributed by atoms with Crippen LogP contribution in [0.2, 0.25) is 10.0 Å².